The number of carbonyl (C=O) groups is 2. The lowest BCUT2D eigenvalue weighted by molar-refractivity contribution is 0.0696. The van der Waals surface area contributed by atoms with E-state index >= 15 is 0 Å². The van der Waals surface area contributed by atoms with E-state index < -0.39 is 12.1 Å². The zero-order valence-electron chi connectivity index (χ0n) is 19.8. The minimum atomic E-state index is -0.994. The molecule has 5 rings (SSSR count). The van der Waals surface area contributed by atoms with Crippen molar-refractivity contribution in [1.82, 2.24) is 14.9 Å². The van der Waals surface area contributed by atoms with Crippen LogP contribution in [0.1, 0.15) is 44.5 Å². The van der Waals surface area contributed by atoms with Crippen LogP contribution in [0.4, 0.5) is 4.79 Å². The molecule has 1 aliphatic rings. The first-order chi connectivity index (χ1) is 17.5. The lowest BCUT2D eigenvalue weighted by Gasteiger charge is -2.23. The molecule has 0 bridgehead atoms. The molecule has 0 fully saturated rings. The van der Waals surface area contributed by atoms with Crippen molar-refractivity contribution in [1.29, 1.82) is 0 Å². The lowest BCUT2D eigenvalue weighted by Crippen LogP contribution is -2.32. The molecule has 0 atom stereocenters. The summed E-state index contributed by atoms with van der Waals surface area (Å²) >= 11 is 0. The Labute approximate surface area is 209 Å². The first-order valence-electron chi connectivity index (χ1n) is 11.7. The molecule has 0 saturated carbocycles. The van der Waals surface area contributed by atoms with Gasteiger partial charge in [0.25, 0.3) is 0 Å². The van der Waals surface area contributed by atoms with Gasteiger partial charge in [-0.1, -0.05) is 60.7 Å². The van der Waals surface area contributed by atoms with E-state index in [0.717, 1.165) is 16.7 Å². The Morgan fingerprint density at radius 1 is 0.889 bits per heavy atom. The topological polar surface area (TPSA) is 92.6 Å². The van der Waals surface area contributed by atoms with E-state index in [9.17, 15) is 14.7 Å². The summed E-state index contributed by atoms with van der Waals surface area (Å²) in [6.07, 6.45) is 1.20. The molecule has 0 radical (unpaired) electrons. The number of rotatable bonds is 7. The number of ether oxygens (including phenoxy) is 1. The van der Waals surface area contributed by atoms with Crippen LogP contribution in [0.2, 0.25) is 0 Å². The largest absolute Gasteiger partial charge is 0.478 e. The van der Waals surface area contributed by atoms with Gasteiger partial charge in [-0.2, -0.15) is 0 Å². The Bertz CT molecular complexity index is 1370. The maximum Gasteiger partial charge on any atom is 0.410 e. The van der Waals surface area contributed by atoms with Gasteiger partial charge in [-0.05, 0) is 52.9 Å². The van der Waals surface area contributed by atoms with E-state index in [-0.39, 0.29) is 31.2 Å². The summed E-state index contributed by atoms with van der Waals surface area (Å²) in [7, 11) is 0. The van der Waals surface area contributed by atoms with E-state index in [1.54, 1.807) is 36.2 Å². The molecule has 1 aromatic heterocycles. The smallest absolute Gasteiger partial charge is 0.410 e. The fraction of sp³-hybridized carbons (Fsp3) is 0.172. The molecule has 3 aromatic carbocycles. The molecule has 4 aromatic rings. The van der Waals surface area contributed by atoms with Crippen molar-refractivity contribution in [3.8, 4) is 11.1 Å². The number of amides is 1. The highest BCUT2D eigenvalue weighted by Crippen LogP contribution is 2.44. The van der Waals surface area contributed by atoms with Crippen LogP contribution in [-0.4, -0.2) is 38.6 Å². The summed E-state index contributed by atoms with van der Waals surface area (Å²) in [6, 6.07) is 24.6. The van der Waals surface area contributed by atoms with Gasteiger partial charge in [0.1, 0.15) is 12.4 Å². The third kappa shape index (κ3) is 4.81. The number of carbonyl (C=O) groups excluding carboxylic acids is 1. The molecular formula is C29H25N3O4. The number of hydrogen-bond acceptors (Lipinski definition) is 5. The lowest BCUT2D eigenvalue weighted by atomic mass is 9.98. The molecule has 7 nitrogen and oxygen atoms in total. The van der Waals surface area contributed by atoms with Crippen molar-refractivity contribution in [2.24, 2.45) is 0 Å². The fourth-order valence-corrected chi connectivity index (χ4v) is 4.63. The summed E-state index contributed by atoms with van der Waals surface area (Å²) in [5.41, 5.74) is 6.31. The molecule has 7 heteroatoms. The van der Waals surface area contributed by atoms with Crippen LogP contribution in [-0.2, 0) is 17.8 Å². The Balaban J connectivity index is 1.36. The van der Waals surface area contributed by atoms with Gasteiger partial charge in [-0.3, -0.25) is 4.90 Å². The SMILES string of the molecule is Cc1nccc(CN(Cc2ccc(C(=O)O)cc2)C(=O)OCC2c3ccccc3-c3ccccc32)n1. The number of fused-ring (bicyclic) bond motifs is 3. The minimum Gasteiger partial charge on any atom is -0.478 e. The second kappa shape index (κ2) is 10.00. The summed E-state index contributed by atoms with van der Waals surface area (Å²) in [5.74, 6) is -0.420. The van der Waals surface area contributed by atoms with Gasteiger partial charge >= 0.3 is 12.1 Å². The maximum atomic E-state index is 13.4. The van der Waals surface area contributed by atoms with E-state index in [4.69, 9.17) is 4.74 Å². The Morgan fingerprint density at radius 3 is 2.14 bits per heavy atom. The third-order valence-corrected chi connectivity index (χ3v) is 6.36. The van der Waals surface area contributed by atoms with E-state index in [0.29, 0.717) is 11.5 Å². The predicted octanol–water partition coefficient (Wildman–Crippen LogP) is 5.43. The van der Waals surface area contributed by atoms with Crippen LogP contribution in [0.25, 0.3) is 11.1 Å². The molecule has 0 aliphatic heterocycles. The third-order valence-electron chi connectivity index (χ3n) is 6.36. The number of nitrogens with zero attached hydrogens (tertiary/aromatic N) is 3. The van der Waals surface area contributed by atoms with Crippen LogP contribution in [0, 0.1) is 6.92 Å². The van der Waals surface area contributed by atoms with Crippen LogP contribution in [0.15, 0.2) is 85.1 Å². The van der Waals surface area contributed by atoms with Crippen molar-refractivity contribution in [3.05, 3.63) is 119 Å². The zero-order chi connectivity index (χ0) is 25.1. The fourth-order valence-electron chi connectivity index (χ4n) is 4.63. The molecule has 1 aliphatic carbocycles. The Morgan fingerprint density at radius 2 is 1.53 bits per heavy atom. The van der Waals surface area contributed by atoms with E-state index in [2.05, 4.69) is 34.2 Å². The van der Waals surface area contributed by atoms with E-state index in [1.807, 2.05) is 24.3 Å². The zero-order valence-corrected chi connectivity index (χ0v) is 19.8. The van der Waals surface area contributed by atoms with Gasteiger partial charge in [0.2, 0.25) is 0 Å². The van der Waals surface area contributed by atoms with Gasteiger partial charge in [0, 0.05) is 18.7 Å². The molecule has 0 spiro atoms. The molecule has 180 valence electrons. The highest BCUT2D eigenvalue weighted by molar-refractivity contribution is 5.87. The predicted molar refractivity (Wildman–Crippen MR) is 134 cm³/mol. The summed E-state index contributed by atoms with van der Waals surface area (Å²) in [5, 5.41) is 9.18. The highest BCUT2D eigenvalue weighted by Gasteiger charge is 2.30. The van der Waals surface area contributed by atoms with Crippen molar-refractivity contribution in [2.45, 2.75) is 25.9 Å². The number of benzene rings is 3. The Hall–Kier alpha value is -4.52. The molecule has 0 unspecified atom stereocenters. The van der Waals surface area contributed by atoms with Crippen LogP contribution >= 0.6 is 0 Å². The molecule has 1 heterocycles. The van der Waals surface area contributed by atoms with Crippen LogP contribution in [0.3, 0.4) is 0 Å². The van der Waals surface area contributed by atoms with Crippen molar-refractivity contribution in [3.63, 3.8) is 0 Å². The number of carboxylic acids is 1. The maximum absolute atomic E-state index is 13.4. The van der Waals surface area contributed by atoms with Crippen molar-refractivity contribution >= 4 is 12.1 Å². The average molecular weight is 480 g/mol. The summed E-state index contributed by atoms with van der Waals surface area (Å²) in [4.78, 5) is 34.7. The van der Waals surface area contributed by atoms with Gasteiger partial charge < -0.3 is 9.84 Å². The number of aromatic carboxylic acids is 1. The number of aromatic nitrogens is 2. The van der Waals surface area contributed by atoms with Crippen LogP contribution in [0.5, 0.6) is 0 Å². The van der Waals surface area contributed by atoms with Crippen molar-refractivity contribution in [2.75, 3.05) is 6.61 Å². The van der Waals surface area contributed by atoms with Gasteiger partial charge in [-0.25, -0.2) is 19.6 Å². The minimum absolute atomic E-state index is 0.0423. The number of aryl methyl sites for hydroxylation is 1. The molecule has 0 saturated heterocycles. The average Bonchev–Trinajstić information content (AvgIpc) is 3.21. The molecule has 1 amide bonds. The molecule has 36 heavy (non-hydrogen) atoms. The van der Waals surface area contributed by atoms with Gasteiger partial charge in [0.05, 0.1) is 17.8 Å². The molecule has 1 N–H and O–H groups in total. The van der Waals surface area contributed by atoms with Crippen LogP contribution < -0.4 is 0 Å². The second-order valence-corrected chi connectivity index (χ2v) is 8.76. The van der Waals surface area contributed by atoms with Gasteiger partial charge in [0.15, 0.2) is 0 Å². The molecular weight excluding hydrogens is 454 g/mol. The first kappa shape index (κ1) is 23.2. The second-order valence-electron chi connectivity index (χ2n) is 8.76. The number of carboxylic acid groups (broad SMARTS) is 1. The van der Waals surface area contributed by atoms with E-state index in [1.165, 1.54) is 23.3 Å². The van der Waals surface area contributed by atoms with Gasteiger partial charge in [-0.15, -0.1) is 0 Å². The normalized spacial score (nSPS) is 12.0. The summed E-state index contributed by atoms with van der Waals surface area (Å²) < 4.78 is 5.89. The summed E-state index contributed by atoms with van der Waals surface area (Å²) in [6.45, 7) is 2.50. The highest BCUT2D eigenvalue weighted by atomic mass is 16.6. The quantitative estimate of drug-likeness (QED) is 0.380. The monoisotopic (exact) mass is 479 g/mol. The number of hydrogen-bond donors (Lipinski definition) is 1. The standard InChI is InChI=1S/C29H25N3O4/c1-19-30-15-14-22(31-19)17-32(16-20-10-12-21(13-11-20)28(33)34)29(35)36-18-27-25-8-4-2-6-23(25)24-7-3-5-9-26(24)27/h2-15,27H,16-18H2,1H3,(H,33,34). The first-order valence-corrected chi connectivity index (χ1v) is 11.7. The Kier molecular flexibility index (Phi) is 6.45. The van der Waals surface area contributed by atoms with Crippen molar-refractivity contribution < 1.29 is 19.4 Å².